The number of nitrogens with one attached hydrogen (secondary N) is 2. The highest BCUT2D eigenvalue weighted by atomic mass is 79.9. The van der Waals surface area contributed by atoms with Gasteiger partial charge in [0.25, 0.3) is 5.91 Å². The van der Waals surface area contributed by atoms with E-state index in [0.717, 1.165) is 32.5 Å². The van der Waals surface area contributed by atoms with Gasteiger partial charge in [-0.25, -0.2) is 10.4 Å². The van der Waals surface area contributed by atoms with Gasteiger partial charge in [0, 0.05) is 36.0 Å². The molecule has 0 aliphatic carbocycles. The van der Waals surface area contributed by atoms with Gasteiger partial charge in [0.2, 0.25) is 5.90 Å². The summed E-state index contributed by atoms with van der Waals surface area (Å²) < 4.78 is 18.7. The highest BCUT2D eigenvalue weighted by molar-refractivity contribution is 9.10. The SMILES string of the molecule is COc1ccccc1CCNNC(=O)[C@@]1(Cc2ccccc2)N=C(c2ccc(OCCCO)cc2)O[C@H]1c1ccc(Br)cc1. The van der Waals surface area contributed by atoms with Crippen molar-refractivity contribution in [1.29, 1.82) is 0 Å². The molecule has 228 valence electrons. The zero-order valence-electron chi connectivity index (χ0n) is 24.5. The van der Waals surface area contributed by atoms with Crippen molar-refractivity contribution >= 4 is 27.7 Å². The molecule has 9 heteroatoms. The van der Waals surface area contributed by atoms with Crippen LogP contribution in [-0.2, 0) is 22.4 Å². The lowest BCUT2D eigenvalue weighted by atomic mass is 9.82. The maximum atomic E-state index is 14.3. The predicted molar refractivity (Wildman–Crippen MR) is 174 cm³/mol. The molecule has 8 nitrogen and oxygen atoms in total. The lowest BCUT2D eigenvalue weighted by Crippen LogP contribution is -2.54. The fraction of sp³-hybridized carbons (Fsp3) is 0.257. The van der Waals surface area contributed by atoms with Gasteiger partial charge in [-0.05, 0) is 65.6 Å². The van der Waals surface area contributed by atoms with Gasteiger partial charge in [0.05, 0.1) is 13.7 Å². The number of hydrogen-bond donors (Lipinski definition) is 3. The Hall–Kier alpha value is -4.18. The van der Waals surface area contributed by atoms with E-state index in [4.69, 9.17) is 24.3 Å². The van der Waals surface area contributed by atoms with Gasteiger partial charge in [-0.2, -0.15) is 0 Å². The molecule has 1 amide bonds. The molecule has 0 unspecified atom stereocenters. The van der Waals surface area contributed by atoms with Crippen molar-refractivity contribution in [3.05, 3.63) is 130 Å². The second kappa shape index (κ2) is 15.0. The number of rotatable bonds is 14. The third kappa shape index (κ3) is 7.48. The van der Waals surface area contributed by atoms with Gasteiger partial charge >= 0.3 is 0 Å². The summed E-state index contributed by atoms with van der Waals surface area (Å²) in [7, 11) is 1.65. The van der Waals surface area contributed by atoms with Gasteiger partial charge in [0.1, 0.15) is 11.5 Å². The number of methoxy groups -OCH3 is 1. The molecule has 1 aliphatic rings. The van der Waals surface area contributed by atoms with Gasteiger partial charge < -0.3 is 19.3 Å². The minimum absolute atomic E-state index is 0.0705. The number of aliphatic hydroxyl groups is 1. The average molecular weight is 659 g/mol. The summed E-state index contributed by atoms with van der Waals surface area (Å²) in [6, 6.07) is 32.9. The van der Waals surface area contributed by atoms with Crippen molar-refractivity contribution in [1.82, 2.24) is 10.9 Å². The predicted octanol–water partition coefficient (Wildman–Crippen LogP) is 5.58. The lowest BCUT2D eigenvalue weighted by Gasteiger charge is -2.31. The molecule has 0 aromatic heterocycles. The van der Waals surface area contributed by atoms with E-state index in [1.54, 1.807) is 7.11 Å². The molecule has 0 saturated heterocycles. The van der Waals surface area contributed by atoms with Crippen molar-refractivity contribution in [3.8, 4) is 11.5 Å². The maximum Gasteiger partial charge on any atom is 0.266 e. The van der Waals surface area contributed by atoms with Gasteiger partial charge in [-0.1, -0.05) is 76.6 Å². The molecular weight excluding hydrogens is 622 g/mol. The van der Waals surface area contributed by atoms with E-state index in [1.165, 1.54) is 0 Å². The van der Waals surface area contributed by atoms with Crippen molar-refractivity contribution in [2.45, 2.75) is 30.9 Å². The molecular formula is C35H36BrN3O5. The highest BCUT2D eigenvalue weighted by Gasteiger charge is 2.53. The summed E-state index contributed by atoms with van der Waals surface area (Å²) >= 11 is 3.52. The molecule has 0 fully saturated rings. The molecule has 0 bridgehead atoms. The van der Waals surface area contributed by atoms with E-state index >= 15 is 0 Å². The second-order valence-corrected chi connectivity index (χ2v) is 11.4. The average Bonchev–Trinajstić information content (AvgIpc) is 3.44. The van der Waals surface area contributed by atoms with E-state index in [1.807, 2.05) is 103 Å². The first-order valence-electron chi connectivity index (χ1n) is 14.6. The number of amides is 1. The zero-order chi connectivity index (χ0) is 30.8. The number of hydrazine groups is 1. The standard InChI is InChI=1S/C35H36BrN3O5/c1-42-31-11-6-5-10-26(31)20-21-37-39-34(41)35(24-25-8-3-2-4-9-25)32(27-12-16-29(36)17-13-27)44-33(38-35)28-14-18-30(19-15-28)43-23-7-22-40/h2-6,8-19,32,37,40H,7,20-24H2,1H3,(H,39,41)/t32-,35-/m0/s1. The van der Waals surface area contributed by atoms with E-state index < -0.39 is 11.6 Å². The van der Waals surface area contributed by atoms with Crippen molar-refractivity contribution in [3.63, 3.8) is 0 Å². The first kappa shape index (κ1) is 31.3. The van der Waals surface area contributed by atoms with Gasteiger partial charge in [-0.3, -0.25) is 10.2 Å². The van der Waals surface area contributed by atoms with E-state index in [0.29, 0.717) is 44.1 Å². The maximum absolute atomic E-state index is 14.3. The Morgan fingerprint density at radius 1 is 0.977 bits per heavy atom. The van der Waals surface area contributed by atoms with E-state index in [9.17, 15) is 4.79 Å². The number of carbonyl (C=O) groups excluding carboxylic acids is 1. The Bertz CT molecular complexity index is 1550. The Kier molecular flexibility index (Phi) is 10.7. The Morgan fingerprint density at radius 3 is 2.43 bits per heavy atom. The second-order valence-electron chi connectivity index (χ2n) is 10.4. The molecule has 44 heavy (non-hydrogen) atoms. The van der Waals surface area contributed by atoms with Crippen LogP contribution in [0.2, 0.25) is 0 Å². The molecule has 0 spiro atoms. The van der Waals surface area contributed by atoms with Crippen LogP contribution in [0.4, 0.5) is 0 Å². The zero-order valence-corrected chi connectivity index (χ0v) is 26.1. The quantitative estimate of drug-likeness (QED) is 0.121. The summed E-state index contributed by atoms with van der Waals surface area (Å²) in [5.41, 5.74) is 8.32. The largest absolute Gasteiger partial charge is 0.496 e. The van der Waals surface area contributed by atoms with E-state index in [2.05, 4.69) is 26.8 Å². The fourth-order valence-corrected chi connectivity index (χ4v) is 5.45. The molecule has 1 heterocycles. The van der Waals surface area contributed by atoms with Crippen molar-refractivity contribution in [2.75, 3.05) is 26.9 Å². The first-order chi connectivity index (χ1) is 21.5. The third-order valence-electron chi connectivity index (χ3n) is 7.43. The minimum atomic E-state index is -1.31. The van der Waals surface area contributed by atoms with Gasteiger partial charge in [-0.15, -0.1) is 0 Å². The smallest absolute Gasteiger partial charge is 0.266 e. The van der Waals surface area contributed by atoms with Crippen molar-refractivity contribution in [2.24, 2.45) is 4.99 Å². The molecule has 3 N–H and O–H groups in total. The molecule has 0 saturated carbocycles. The number of halogens is 1. The summed E-state index contributed by atoms with van der Waals surface area (Å²) in [4.78, 5) is 19.4. The molecule has 0 radical (unpaired) electrons. The summed E-state index contributed by atoms with van der Waals surface area (Å²) in [6.45, 7) is 0.982. The van der Waals surface area contributed by atoms with Crippen molar-refractivity contribution < 1.29 is 24.1 Å². The molecule has 4 aromatic rings. The number of hydrogen-bond acceptors (Lipinski definition) is 7. The van der Waals surface area contributed by atoms with Crippen LogP contribution in [0.5, 0.6) is 11.5 Å². The topological polar surface area (TPSA) is 101 Å². The van der Waals surface area contributed by atoms with Crippen LogP contribution in [0, 0.1) is 0 Å². The molecule has 1 aliphatic heterocycles. The Morgan fingerprint density at radius 2 is 1.70 bits per heavy atom. The number of ether oxygens (including phenoxy) is 3. The Balaban J connectivity index is 1.45. The van der Waals surface area contributed by atoms with Gasteiger partial charge in [0.15, 0.2) is 11.6 Å². The Labute approximate surface area is 266 Å². The van der Waals surface area contributed by atoms with Crippen LogP contribution in [0.3, 0.4) is 0 Å². The van der Waals surface area contributed by atoms with Crippen LogP contribution in [0.15, 0.2) is 113 Å². The molecule has 5 rings (SSSR count). The van der Waals surface area contributed by atoms with E-state index in [-0.39, 0.29) is 12.5 Å². The fourth-order valence-electron chi connectivity index (χ4n) is 5.18. The first-order valence-corrected chi connectivity index (χ1v) is 15.4. The minimum Gasteiger partial charge on any atom is -0.496 e. The summed E-state index contributed by atoms with van der Waals surface area (Å²) in [5, 5.41) is 9.05. The molecule has 4 aromatic carbocycles. The number of carbonyl (C=O) groups is 1. The normalized spacial score (nSPS) is 17.4. The lowest BCUT2D eigenvalue weighted by molar-refractivity contribution is -0.130. The van der Waals surface area contributed by atoms with Crippen LogP contribution >= 0.6 is 15.9 Å². The number of nitrogens with zero attached hydrogens (tertiary/aromatic N) is 1. The van der Waals surface area contributed by atoms with Crippen LogP contribution in [0.25, 0.3) is 0 Å². The van der Waals surface area contributed by atoms with Crippen LogP contribution in [0.1, 0.15) is 34.8 Å². The number of aliphatic imine (C=N–C) groups is 1. The number of para-hydroxylation sites is 1. The summed E-state index contributed by atoms with van der Waals surface area (Å²) in [5.74, 6) is 1.56. The number of benzene rings is 4. The van der Waals surface area contributed by atoms with Crippen LogP contribution in [-0.4, -0.2) is 49.3 Å². The molecule has 2 atom stereocenters. The van der Waals surface area contributed by atoms with Crippen LogP contribution < -0.4 is 20.3 Å². The summed E-state index contributed by atoms with van der Waals surface area (Å²) in [6.07, 6.45) is 0.836. The monoisotopic (exact) mass is 657 g/mol. The third-order valence-corrected chi connectivity index (χ3v) is 7.96. The highest BCUT2D eigenvalue weighted by Crippen LogP contribution is 2.42. The number of aliphatic hydroxyl groups excluding tert-OH is 1.